The molecule has 0 fully saturated rings. The smallest absolute Gasteiger partial charge is 0.223 e. The predicted octanol–water partition coefficient (Wildman–Crippen LogP) is 2.28. The molecule has 0 aliphatic carbocycles. The number of halogens is 2. The van der Waals surface area contributed by atoms with Crippen molar-refractivity contribution in [3.8, 4) is 5.82 Å². The summed E-state index contributed by atoms with van der Waals surface area (Å²) in [5, 5.41) is 4.62. The van der Waals surface area contributed by atoms with Crippen LogP contribution in [0.3, 0.4) is 0 Å². The Kier molecular flexibility index (Phi) is 2.86. The van der Waals surface area contributed by atoms with E-state index in [1.807, 2.05) is 13.8 Å². The van der Waals surface area contributed by atoms with Crippen LogP contribution in [0.1, 0.15) is 11.4 Å². The highest BCUT2D eigenvalue weighted by molar-refractivity contribution is 9.10. The van der Waals surface area contributed by atoms with E-state index in [0.29, 0.717) is 11.0 Å². The fourth-order valence-electron chi connectivity index (χ4n) is 1.38. The molecule has 0 spiro atoms. The van der Waals surface area contributed by atoms with Crippen molar-refractivity contribution in [2.45, 2.75) is 13.8 Å². The van der Waals surface area contributed by atoms with Crippen LogP contribution < -0.4 is 5.73 Å². The van der Waals surface area contributed by atoms with E-state index in [4.69, 9.17) is 17.3 Å². The van der Waals surface area contributed by atoms with Crippen LogP contribution >= 0.6 is 27.5 Å². The highest BCUT2D eigenvalue weighted by atomic mass is 79.9. The predicted molar refractivity (Wildman–Crippen MR) is 65.8 cm³/mol. The number of anilines is 1. The minimum atomic E-state index is 0.131. The van der Waals surface area contributed by atoms with Gasteiger partial charge < -0.3 is 5.73 Å². The van der Waals surface area contributed by atoms with Crippen molar-refractivity contribution in [2.24, 2.45) is 0 Å². The normalized spacial score (nSPS) is 10.8. The van der Waals surface area contributed by atoms with Crippen LogP contribution in [-0.4, -0.2) is 19.7 Å². The second-order valence-corrected chi connectivity index (χ2v) is 4.48. The van der Waals surface area contributed by atoms with Crippen LogP contribution in [0, 0.1) is 13.8 Å². The van der Waals surface area contributed by atoms with Crippen molar-refractivity contribution in [3.63, 3.8) is 0 Å². The van der Waals surface area contributed by atoms with Crippen LogP contribution in [-0.2, 0) is 0 Å². The monoisotopic (exact) mass is 301 g/mol. The van der Waals surface area contributed by atoms with Crippen molar-refractivity contribution >= 4 is 33.5 Å². The van der Waals surface area contributed by atoms with Crippen molar-refractivity contribution in [1.29, 1.82) is 0 Å². The van der Waals surface area contributed by atoms with Crippen molar-refractivity contribution in [2.75, 3.05) is 5.73 Å². The molecule has 2 aromatic rings. The Balaban J connectivity index is 2.62. The summed E-state index contributed by atoms with van der Waals surface area (Å²) in [6.45, 7) is 3.83. The van der Waals surface area contributed by atoms with E-state index in [1.54, 1.807) is 10.7 Å². The Morgan fingerprint density at radius 3 is 2.56 bits per heavy atom. The molecule has 0 aromatic carbocycles. The molecule has 2 heterocycles. The number of nitrogens with two attached hydrogens (primary N) is 1. The molecule has 0 atom stereocenters. The van der Waals surface area contributed by atoms with Gasteiger partial charge in [0.1, 0.15) is 5.15 Å². The molecule has 5 nitrogen and oxygen atoms in total. The molecule has 2 N–H and O–H groups in total. The third-order valence-electron chi connectivity index (χ3n) is 2.12. The van der Waals surface area contributed by atoms with Crippen molar-refractivity contribution < 1.29 is 0 Å². The van der Waals surface area contributed by atoms with Crippen LogP contribution in [0.2, 0.25) is 5.15 Å². The standard InChI is InChI=1S/C9H9BrClN5/c1-4-8(10)5(2)16(15-4)7-3-6(11)13-9(12)14-7/h3H,1-2H3,(H2,12,13,14). The summed E-state index contributed by atoms with van der Waals surface area (Å²) < 4.78 is 2.62. The Labute approximate surface area is 106 Å². The average Bonchev–Trinajstić information content (AvgIpc) is 2.44. The van der Waals surface area contributed by atoms with E-state index >= 15 is 0 Å². The molecular formula is C9H9BrClN5. The van der Waals surface area contributed by atoms with Crippen molar-refractivity contribution in [3.05, 3.63) is 27.1 Å². The second-order valence-electron chi connectivity index (χ2n) is 3.30. The molecule has 7 heteroatoms. The molecule has 16 heavy (non-hydrogen) atoms. The van der Waals surface area contributed by atoms with Crippen LogP contribution in [0.4, 0.5) is 5.95 Å². The first kappa shape index (κ1) is 11.3. The van der Waals surface area contributed by atoms with Gasteiger partial charge in [-0.1, -0.05) is 11.6 Å². The molecular weight excluding hydrogens is 293 g/mol. The largest absolute Gasteiger partial charge is 0.368 e. The number of hydrogen-bond acceptors (Lipinski definition) is 4. The Morgan fingerprint density at radius 1 is 1.38 bits per heavy atom. The van der Waals surface area contributed by atoms with Gasteiger partial charge in [0, 0.05) is 6.07 Å². The summed E-state index contributed by atoms with van der Waals surface area (Å²) in [4.78, 5) is 7.88. The lowest BCUT2D eigenvalue weighted by Gasteiger charge is -2.04. The molecule has 0 amide bonds. The maximum Gasteiger partial charge on any atom is 0.223 e. The lowest BCUT2D eigenvalue weighted by molar-refractivity contribution is 0.803. The molecule has 0 saturated carbocycles. The maximum absolute atomic E-state index is 5.82. The van der Waals surface area contributed by atoms with Gasteiger partial charge >= 0.3 is 0 Å². The fraction of sp³-hybridized carbons (Fsp3) is 0.222. The average molecular weight is 303 g/mol. The first-order chi connectivity index (χ1) is 7.49. The summed E-state index contributed by atoms with van der Waals surface area (Å²) in [6, 6.07) is 1.61. The van der Waals surface area contributed by atoms with Crippen LogP contribution in [0.25, 0.3) is 5.82 Å². The van der Waals surface area contributed by atoms with Gasteiger partial charge in [-0.25, -0.2) is 9.67 Å². The van der Waals surface area contributed by atoms with E-state index in [2.05, 4.69) is 31.0 Å². The minimum absolute atomic E-state index is 0.131. The van der Waals surface area contributed by atoms with Gasteiger partial charge in [-0.15, -0.1) is 0 Å². The third-order valence-corrected chi connectivity index (χ3v) is 3.46. The molecule has 0 aliphatic heterocycles. The molecule has 0 saturated heterocycles. The number of hydrogen-bond donors (Lipinski definition) is 1. The first-order valence-corrected chi connectivity index (χ1v) is 5.68. The second kappa shape index (κ2) is 4.03. The van der Waals surface area contributed by atoms with Gasteiger partial charge in [0.2, 0.25) is 5.95 Å². The van der Waals surface area contributed by atoms with E-state index in [1.165, 1.54) is 0 Å². The fourth-order valence-corrected chi connectivity index (χ4v) is 1.81. The molecule has 2 rings (SSSR count). The molecule has 0 radical (unpaired) electrons. The minimum Gasteiger partial charge on any atom is -0.368 e. The highest BCUT2D eigenvalue weighted by Crippen LogP contribution is 2.23. The highest BCUT2D eigenvalue weighted by Gasteiger charge is 2.12. The van der Waals surface area contributed by atoms with E-state index < -0.39 is 0 Å². The molecule has 0 unspecified atom stereocenters. The number of nitrogen functional groups attached to an aromatic ring is 1. The quantitative estimate of drug-likeness (QED) is 0.821. The zero-order valence-electron chi connectivity index (χ0n) is 8.70. The van der Waals surface area contributed by atoms with Gasteiger partial charge in [0.05, 0.1) is 15.9 Å². The van der Waals surface area contributed by atoms with Crippen LogP contribution in [0.15, 0.2) is 10.5 Å². The van der Waals surface area contributed by atoms with Gasteiger partial charge in [-0.2, -0.15) is 10.1 Å². The van der Waals surface area contributed by atoms with E-state index in [-0.39, 0.29) is 5.95 Å². The van der Waals surface area contributed by atoms with Crippen molar-refractivity contribution in [1.82, 2.24) is 19.7 Å². The Morgan fingerprint density at radius 2 is 2.06 bits per heavy atom. The van der Waals surface area contributed by atoms with E-state index in [0.717, 1.165) is 15.9 Å². The maximum atomic E-state index is 5.82. The summed E-state index contributed by atoms with van der Waals surface area (Å²) in [7, 11) is 0. The topological polar surface area (TPSA) is 69.6 Å². The molecule has 0 bridgehead atoms. The number of aryl methyl sites for hydroxylation is 1. The lowest BCUT2D eigenvalue weighted by atomic mass is 10.4. The van der Waals surface area contributed by atoms with Gasteiger partial charge in [-0.3, -0.25) is 0 Å². The SMILES string of the molecule is Cc1nn(-c2cc(Cl)nc(N)n2)c(C)c1Br. The number of nitrogens with zero attached hydrogens (tertiary/aromatic N) is 4. The van der Waals surface area contributed by atoms with E-state index in [9.17, 15) is 0 Å². The lowest BCUT2D eigenvalue weighted by Crippen LogP contribution is -2.05. The van der Waals surface area contributed by atoms with Gasteiger partial charge in [0.25, 0.3) is 0 Å². The van der Waals surface area contributed by atoms with Gasteiger partial charge in [-0.05, 0) is 29.8 Å². The summed E-state index contributed by atoms with van der Waals surface area (Å²) in [5.74, 6) is 0.690. The summed E-state index contributed by atoms with van der Waals surface area (Å²) in [6.07, 6.45) is 0. The molecule has 84 valence electrons. The third kappa shape index (κ3) is 1.90. The zero-order chi connectivity index (χ0) is 11.9. The number of rotatable bonds is 1. The zero-order valence-corrected chi connectivity index (χ0v) is 11.0. The first-order valence-electron chi connectivity index (χ1n) is 4.51. The summed E-state index contributed by atoms with van der Waals surface area (Å²) >= 11 is 9.26. The van der Waals surface area contributed by atoms with Gasteiger partial charge in [0.15, 0.2) is 5.82 Å². The van der Waals surface area contributed by atoms with Crippen LogP contribution in [0.5, 0.6) is 0 Å². The Bertz CT molecular complexity index is 531. The molecule has 0 aliphatic rings. The Hall–Kier alpha value is -1.14. The number of aromatic nitrogens is 4. The summed E-state index contributed by atoms with van der Waals surface area (Å²) in [5.41, 5.74) is 7.35. The molecule has 2 aromatic heterocycles.